The van der Waals surface area contributed by atoms with E-state index in [-0.39, 0.29) is 0 Å². The van der Waals surface area contributed by atoms with Gasteiger partial charge in [0.25, 0.3) is 0 Å². The van der Waals surface area contributed by atoms with E-state index in [2.05, 4.69) is 35.0 Å². The predicted molar refractivity (Wildman–Crippen MR) is 84.6 cm³/mol. The molecule has 1 aromatic heterocycles. The smallest absolute Gasteiger partial charge is 0.110 e. The number of aromatic nitrogens is 1. The number of fused-ring (bicyclic) bond motifs is 3. The summed E-state index contributed by atoms with van der Waals surface area (Å²) in [6, 6.07) is 6.90. The van der Waals surface area contributed by atoms with Crippen molar-refractivity contribution in [3.05, 3.63) is 29.3 Å². The molecule has 1 aromatic carbocycles. The number of nitrogens with one attached hydrogen (secondary N) is 1. The summed E-state index contributed by atoms with van der Waals surface area (Å²) in [5.41, 5.74) is 10.2. The number of nitrogens with zero attached hydrogens (tertiary/aromatic N) is 1. The van der Waals surface area contributed by atoms with Crippen LogP contribution in [0.4, 0.5) is 5.82 Å². The molecule has 0 aliphatic carbocycles. The van der Waals surface area contributed by atoms with Gasteiger partial charge in [-0.3, -0.25) is 0 Å². The van der Waals surface area contributed by atoms with Crippen LogP contribution in [0.5, 0.6) is 0 Å². The molecule has 2 bridgehead atoms. The summed E-state index contributed by atoms with van der Waals surface area (Å²) in [6.07, 6.45) is 3.75. The predicted octanol–water partition coefficient (Wildman–Crippen LogP) is 3.32. The van der Waals surface area contributed by atoms with Crippen molar-refractivity contribution in [2.75, 3.05) is 24.5 Å². The van der Waals surface area contributed by atoms with Gasteiger partial charge in [0.15, 0.2) is 0 Å². The summed E-state index contributed by atoms with van der Waals surface area (Å²) < 4.78 is 0. The maximum Gasteiger partial charge on any atom is 0.110 e. The van der Waals surface area contributed by atoms with Crippen molar-refractivity contribution in [1.29, 1.82) is 0 Å². The molecule has 20 heavy (non-hydrogen) atoms. The van der Waals surface area contributed by atoms with Gasteiger partial charge >= 0.3 is 0 Å². The lowest BCUT2D eigenvalue weighted by molar-refractivity contribution is 0.475. The average molecular weight is 269 g/mol. The highest BCUT2D eigenvalue weighted by molar-refractivity contribution is 5.91. The van der Waals surface area contributed by atoms with Gasteiger partial charge in [-0.2, -0.15) is 0 Å². The van der Waals surface area contributed by atoms with Gasteiger partial charge in [0, 0.05) is 29.6 Å². The van der Waals surface area contributed by atoms with Crippen molar-refractivity contribution in [3.8, 4) is 0 Å². The molecule has 0 radical (unpaired) electrons. The van der Waals surface area contributed by atoms with Crippen LogP contribution in [0.3, 0.4) is 0 Å². The number of H-pyrrole nitrogens is 1. The molecular weight excluding hydrogens is 246 g/mol. The molecule has 1 unspecified atom stereocenters. The Morgan fingerprint density at radius 3 is 2.85 bits per heavy atom. The molecule has 1 saturated heterocycles. The Morgan fingerprint density at radius 2 is 2.15 bits per heavy atom. The van der Waals surface area contributed by atoms with Gasteiger partial charge in [-0.1, -0.05) is 13.0 Å². The second kappa shape index (κ2) is 4.52. The standard InChI is InChI=1S/C17H23N3/c1-2-11(10-18)13-3-4-15-14(9-13)16-12-5-7-20(8-6-12)17(16)19-15/h3-4,9,11-12,19H,2,5-8,10,18H2,1H3. The third kappa shape index (κ3) is 1.62. The Bertz CT molecular complexity index is 631. The Balaban J connectivity index is 1.88. The van der Waals surface area contributed by atoms with E-state index in [1.807, 2.05) is 0 Å². The fraction of sp³-hybridized carbons (Fsp3) is 0.529. The van der Waals surface area contributed by atoms with Crippen LogP contribution in [0.1, 0.15) is 49.1 Å². The monoisotopic (exact) mass is 269 g/mol. The largest absolute Gasteiger partial charge is 0.358 e. The molecule has 1 fully saturated rings. The Hall–Kier alpha value is -1.48. The van der Waals surface area contributed by atoms with E-state index in [4.69, 9.17) is 5.73 Å². The van der Waals surface area contributed by atoms with Gasteiger partial charge in [-0.05, 0) is 55.3 Å². The van der Waals surface area contributed by atoms with E-state index in [0.717, 1.165) is 18.9 Å². The maximum atomic E-state index is 5.92. The first-order valence-corrected chi connectivity index (χ1v) is 7.92. The minimum atomic E-state index is 0.492. The lowest BCUT2D eigenvalue weighted by Gasteiger charge is -2.40. The molecule has 3 N–H and O–H groups in total. The van der Waals surface area contributed by atoms with Crippen LogP contribution in [-0.2, 0) is 0 Å². The molecule has 1 atom stereocenters. The topological polar surface area (TPSA) is 45.1 Å². The minimum Gasteiger partial charge on any atom is -0.358 e. The molecule has 5 rings (SSSR count). The molecule has 2 aromatic rings. The van der Waals surface area contributed by atoms with Gasteiger partial charge in [0.2, 0.25) is 0 Å². The zero-order chi connectivity index (χ0) is 13.7. The number of anilines is 1. The van der Waals surface area contributed by atoms with Crippen molar-refractivity contribution < 1.29 is 0 Å². The number of nitrogens with two attached hydrogens (primary N) is 1. The molecule has 0 saturated carbocycles. The number of benzene rings is 1. The summed E-state index contributed by atoms with van der Waals surface area (Å²) >= 11 is 0. The summed E-state index contributed by atoms with van der Waals surface area (Å²) in [5, 5.41) is 1.44. The summed E-state index contributed by atoms with van der Waals surface area (Å²) in [7, 11) is 0. The molecule has 0 amide bonds. The Kier molecular flexibility index (Phi) is 2.77. The van der Waals surface area contributed by atoms with E-state index in [0.29, 0.717) is 5.92 Å². The Morgan fingerprint density at radius 1 is 1.35 bits per heavy atom. The van der Waals surface area contributed by atoms with Gasteiger partial charge < -0.3 is 15.6 Å². The van der Waals surface area contributed by atoms with Crippen molar-refractivity contribution in [2.45, 2.75) is 38.0 Å². The lowest BCUT2D eigenvalue weighted by Crippen LogP contribution is -2.38. The second-order valence-corrected chi connectivity index (χ2v) is 6.29. The number of piperidine rings is 1. The molecule has 3 nitrogen and oxygen atoms in total. The van der Waals surface area contributed by atoms with E-state index in [1.165, 1.54) is 48.2 Å². The van der Waals surface area contributed by atoms with Crippen LogP contribution in [-0.4, -0.2) is 24.6 Å². The first kappa shape index (κ1) is 12.3. The molecule has 3 aliphatic heterocycles. The van der Waals surface area contributed by atoms with Crippen molar-refractivity contribution >= 4 is 16.7 Å². The van der Waals surface area contributed by atoms with Crippen molar-refractivity contribution in [3.63, 3.8) is 0 Å². The van der Waals surface area contributed by atoms with Crippen LogP contribution in [0.25, 0.3) is 10.9 Å². The lowest BCUT2D eigenvalue weighted by atomic mass is 9.83. The summed E-state index contributed by atoms with van der Waals surface area (Å²) in [6.45, 7) is 5.40. The Labute approximate surface area is 120 Å². The molecule has 106 valence electrons. The third-order valence-corrected chi connectivity index (χ3v) is 5.31. The zero-order valence-corrected chi connectivity index (χ0v) is 12.2. The van der Waals surface area contributed by atoms with Crippen LogP contribution in [0.2, 0.25) is 0 Å². The first-order chi connectivity index (χ1) is 9.81. The average Bonchev–Trinajstić information content (AvgIpc) is 2.90. The third-order valence-electron chi connectivity index (χ3n) is 5.31. The fourth-order valence-corrected chi connectivity index (χ4v) is 4.06. The van der Waals surface area contributed by atoms with Crippen LogP contribution >= 0.6 is 0 Å². The van der Waals surface area contributed by atoms with Crippen LogP contribution < -0.4 is 10.6 Å². The normalized spacial score (nSPS) is 19.6. The SMILES string of the molecule is CCC(CN)c1ccc2[nH]c3c(c2c1)C1CCN3CC1. The van der Waals surface area contributed by atoms with Gasteiger partial charge in [0.05, 0.1) is 0 Å². The van der Waals surface area contributed by atoms with E-state index >= 15 is 0 Å². The number of hydrogen-bond acceptors (Lipinski definition) is 2. The highest BCUT2D eigenvalue weighted by Gasteiger charge is 2.33. The fourth-order valence-electron chi connectivity index (χ4n) is 4.06. The van der Waals surface area contributed by atoms with Gasteiger partial charge in [-0.25, -0.2) is 0 Å². The minimum absolute atomic E-state index is 0.492. The van der Waals surface area contributed by atoms with Crippen LogP contribution in [0.15, 0.2) is 18.2 Å². The van der Waals surface area contributed by atoms with Crippen molar-refractivity contribution in [2.24, 2.45) is 5.73 Å². The van der Waals surface area contributed by atoms with E-state index in [1.54, 1.807) is 5.56 Å². The summed E-state index contributed by atoms with van der Waals surface area (Å²) in [5.74, 6) is 2.64. The van der Waals surface area contributed by atoms with Crippen molar-refractivity contribution in [1.82, 2.24) is 4.98 Å². The quantitative estimate of drug-likeness (QED) is 0.898. The summed E-state index contributed by atoms with van der Waals surface area (Å²) in [4.78, 5) is 6.17. The first-order valence-electron chi connectivity index (χ1n) is 7.92. The van der Waals surface area contributed by atoms with Gasteiger partial charge in [0.1, 0.15) is 5.82 Å². The molecular formula is C17H23N3. The molecule has 3 aliphatic rings. The molecule has 3 heteroatoms. The number of hydrogen-bond donors (Lipinski definition) is 2. The highest BCUT2D eigenvalue weighted by atomic mass is 15.2. The van der Waals surface area contributed by atoms with Gasteiger partial charge in [-0.15, -0.1) is 0 Å². The maximum absolute atomic E-state index is 5.92. The number of aromatic amines is 1. The van der Waals surface area contributed by atoms with E-state index in [9.17, 15) is 0 Å². The van der Waals surface area contributed by atoms with E-state index < -0.39 is 0 Å². The molecule has 0 spiro atoms. The number of rotatable bonds is 3. The van der Waals surface area contributed by atoms with Crippen LogP contribution in [0, 0.1) is 0 Å². The zero-order valence-electron chi connectivity index (χ0n) is 12.2. The second-order valence-electron chi connectivity index (χ2n) is 6.29. The molecule has 4 heterocycles. The highest BCUT2D eigenvalue weighted by Crippen LogP contribution is 2.46.